The molecule has 1 amide bonds. The number of amides is 1. The van der Waals surface area contributed by atoms with E-state index in [1.54, 1.807) is 13.0 Å². The normalized spacial score (nSPS) is 12.2. The third kappa shape index (κ3) is 2.92. The SMILES string of the molecule is CC(O)CNC(=O)c1cccc(=O)n1C. The maximum atomic E-state index is 11.5. The average molecular weight is 210 g/mol. The zero-order valence-corrected chi connectivity index (χ0v) is 8.73. The first-order chi connectivity index (χ1) is 7.02. The van der Waals surface area contributed by atoms with E-state index in [-0.39, 0.29) is 23.7 Å². The number of nitrogens with one attached hydrogen (secondary N) is 1. The Morgan fingerprint density at radius 1 is 1.60 bits per heavy atom. The molecule has 0 aliphatic carbocycles. The predicted molar refractivity (Wildman–Crippen MR) is 55.7 cm³/mol. The first-order valence-corrected chi connectivity index (χ1v) is 4.64. The van der Waals surface area contributed by atoms with E-state index in [0.717, 1.165) is 0 Å². The van der Waals surface area contributed by atoms with Crippen molar-refractivity contribution in [3.05, 3.63) is 34.2 Å². The molecule has 0 aromatic carbocycles. The van der Waals surface area contributed by atoms with E-state index in [1.807, 2.05) is 0 Å². The summed E-state index contributed by atoms with van der Waals surface area (Å²) in [6.45, 7) is 1.74. The summed E-state index contributed by atoms with van der Waals surface area (Å²) in [5.74, 6) is -0.365. The number of hydrogen-bond donors (Lipinski definition) is 2. The van der Waals surface area contributed by atoms with Gasteiger partial charge in [0.05, 0.1) is 6.10 Å². The van der Waals surface area contributed by atoms with Gasteiger partial charge in [-0.25, -0.2) is 0 Å². The summed E-state index contributed by atoms with van der Waals surface area (Å²) >= 11 is 0. The van der Waals surface area contributed by atoms with E-state index in [1.165, 1.54) is 23.7 Å². The molecule has 5 nitrogen and oxygen atoms in total. The standard InChI is InChI=1S/C10H14N2O3/c1-7(13)6-11-10(15)8-4-3-5-9(14)12(8)2/h3-5,7,13H,6H2,1-2H3,(H,11,15). The quantitative estimate of drug-likeness (QED) is 0.706. The smallest absolute Gasteiger partial charge is 0.268 e. The fourth-order valence-corrected chi connectivity index (χ4v) is 1.12. The molecule has 0 aliphatic heterocycles. The van der Waals surface area contributed by atoms with Crippen LogP contribution in [0.5, 0.6) is 0 Å². The van der Waals surface area contributed by atoms with E-state index >= 15 is 0 Å². The first kappa shape index (κ1) is 11.5. The Hall–Kier alpha value is -1.62. The highest BCUT2D eigenvalue weighted by Crippen LogP contribution is 1.93. The number of aliphatic hydroxyl groups is 1. The highest BCUT2D eigenvalue weighted by atomic mass is 16.3. The van der Waals surface area contributed by atoms with Crippen LogP contribution in [0, 0.1) is 0 Å². The molecule has 82 valence electrons. The van der Waals surface area contributed by atoms with Crippen molar-refractivity contribution in [3.8, 4) is 0 Å². The van der Waals surface area contributed by atoms with E-state index in [4.69, 9.17) is 5.11 Å². The number of pyridine rings is 1. The lowest BCUT2D eigenvalue weighted by atomic mass is 10.3. The minimum Gasteiger partial charge on any atom is -0.392 e. The largest absolute Gasteiger partial charge is 0.392 e. The molecular weight excluding hydrogens is 196 g/mol. The van der Waals surface area contributed by atoms with Gasteiger partial charge in [0.15, 0.2) is 0 Å². The zero-order chi connectivity index (χ0) is 11.4. The van der Waals surface area contributed by atoms with Crippen LogP contribution in [0.2, 0.25) is 0 Å². The molecule has 0 bridgehead atoms. The Labute approximate surface area is 87.4 Å². The van der Waals surface area contributed by atoms with Crippen molar-refractivity contribution in [1.29, 1.82) is 0 Å². The first-order valence-electron chi connectivity index (χ1n) is 4.64. The third-order valence-electron chi connectivity index (χ3n) is 1.98. The molecular formula is C10H14N2O3. The number of aromatic nitrogens is 1. The molecule has 0 saturated heterocycles. The van der Waals surface area contributed by atoms with E-state index in [2.05, 4.69) is 5.32 Å². The Morgan fingerprint density at radius 3 is 2.87 bits per heavy atom. The number of carbonyl (C=O) groups is 1. The van der Waals surface area contributed by atoms with Crippen LogP contribution in [-0.2, 0) is 7.05 Å². The van der Waals surface area contributed by atoms with Gasteiger partial charge in [0.25, 0.3) is 11.5 Å². The van der Waals surface area contributed by atoms with Gasteiger partial charge in [0.2, 0.25) is 0 Å². The Kier molecular flexibility index (Phi) is 3.62. The molecule has 1 heterocycles. The topological polar surface area (TPSA) is 71.3 Å². The number of rotatable bonds is 3. The average Bonchev–Trinajstić information content (AvgIpc) is 2.18. The summed E-state index contributed by atoms with van der Waals surface area (Å²) in [4.78, 5) is 22.8. The van der Waals surface area contributed by atoms with E-state index < -0.39 is 6.10 Å². The molecule has 0 saturated carbocycles. The van der Waals surface area contributed by atoms with Crippen LogP contribution in [0.4, 0.5) is 0 Å². The summed E-state index contributed by atoms with van der Waals surface area (Å²) < 4.78 is 1.26. The van der Waals surface area contributed by atoms with Crippen LogP contribution in [0.25, 0.3) is 0 Å². The summed E-state index contributed by atoms with van der Waals surface area (Å²) in [6, 6.07) is 4.46. The monoisotopic (exact) mass is 210 g/mol. The van der Waals surface area contributed by atoms with Gasteiger partial charge in [-0.2, -0.15) is 0 Å². The highest BCUT2D eigenvalue weighted by molar-refractivity contribution is 5.92. The van der Waals surface area contributed by atoms with Crippen molar-refractivity contribution in [3.63, 3.8) is 0 Å². The Morgan fingerprint density at radius 2 is 2.27 bits per heavy atom. The van der Waals surface area contributed by atoms with Crippen LogP contribution >= 0.6 is 0 Å². The maximum Gasteiger partial charge on any atom is 0.268 e. The third-order valence-corrected chi connectivity index (χ3v) is 1.98. The fourth-order valence-electron chi connectivity index (χ4n) is 1.12. The van der Waals surface area contributed by atoms with Gasteiger partial charge >= 0.3 is 0 Å². The molecule has 1 aromatic heterocycles. The van der Waals surface area contributed by atoms with Crippen LogP contribution in [0.1, 0.15) is 17.4 Å². The molecule has 1 unspecified atom stereocenters. The van der Waals surface area contributed by atoms with Crippen molar-refractivity contribution < 1.29 is 9.90 Å². The molecule has 0 spiro atoms. The number of hydrogen-bond acceptors (Lipinski definition) is 3. The summed E-state index contributed by atoms with van der Waals surface area (Å²) in [6.07, 6.45) is -0.602. The van der Waals surface area contributed by atoms with Gasteiger partial charge in [0, 0.05) is 19.7 Å². The number of nitrogens with zero attached hydrogens (tertiary/aromatic N) is 1. The van der Waals surface area contributed by atoms with E-state index in [0.29, 0.717) is 0 Å². The summed E-state index contributed by atoms with van der Waals surface area (Å²) in [5, 5.41) is 11.5. The minimum atomic E-state index is -0.602. The van der Waals surface area contributed by atoms with Crippen molar-refractivity contribution >= 4 is 5.91 Å². The lowest BCUT2D eigenvalue weighted by Crippen LogP contribution is -2.34. The second-order valence-electron chi connectivity index (χ2n) is 3.37. The molecule has 1 atom stereocenters. The molecule has 0 aliphatic rings. The van der Waals surface area contributed by atoms with Crippen molar-refractivity contribution in [2.45, 2.75) is 13.0 Å². The summed E-state index contributed by atoms with van der Waals surface area (Å²) in [7, 11) is 1.53. The van der Waals surface area contributed by atoms with Gasteiger partial charge in [-0.3, -0.25) is 9.59 Å². The maximum absolute atomic E-state index is 11.5. The highest BCUT2D eigenvalue weighted by Gasteiger charge is 2.09. The van der Waals surface area contributed by atoms with Crippen molar-refractivity contribution in [2.75, 3.05) is 6.54 Å². The Bertz CT molecular complexity index is 409. The molecule has 1 rings (SSSR count). The van der Waals surface area contributed by atoms with Gasteiger partial charge < -0.3 is 15.0 Å². The summed E-state index contributed by atoms with van der Waals surface area (Å²) in [5.41, 5.74) is 0.0443. The number of aliphatic hydroxyl groups excluding tert-OH is 1. The molecule has 0 fully saturated rings. The van der Waals surface area contributed by atoms with Crippen LogP contribution in [-0.4, -0.2) is 28.2 Å². The lowest BCUT2D eigenvalue weighted by Gasteiger charge is -2.09. The molecule has 2 N–H and O–H groups in total. The fraction of sp³-hybridized carbons (Fsp3) is 0.400. The lowest BCUT2D eigenvalue weighted by molar-refractivity contribution is 0.0914. The Balaban J connectivity index is 2.83. The molecule has 0 radical (unpaired) electrons. The van der Waals surface area contributed by atoms with Crippen molar-refractivity contribution in [1.82, 2.24) is 9.88 Å². The zero-order valence-electron chi connectivity index (χ0n) is 8.73. The number of carbonyl (C=O) groups excluding carboxylic acids is 1. The van der Waals surface area contributed by atoms with Crippen LogP contribution in [0.3, 0.4) is 0 Å². The second kappa shape index (κ2) is 4.75. The molecule has 5 heteroatoms. The van der Waals surface area contributed by atoms with Crippen LogP contribution in [0.15, 0.2) is 23.0 Å². The predicted octanol–water partition coefficient (Wildman–Crippen LogP) is -0.504. The molecule has 15 heavy (non-hydrogen) atoms. The van der Waals surface area contributed by atoms with E-state index in [9.17, 15) is 9.59 Å². The van der Waals surface area contributed by atoms with Gasteiger partial charge in [0.1, 0.15) is 5.69 Å². The minimum absolute atomic E-state index is 0.169. The van der Waals surface area contributed by atoms with Gasteiger partial charge in [-0.15, -0.1) is 0 Å². The van der Waals surface area contributed by atoms with Gasteiger partial charge in [-0.05, 0) is 13.0 Å². The second-order valence-corrected chi connectivity index (χ2v) is 3.37. The molecule has 1 aromatic rings. The van der Waals surface area contributed by atoms with Crippen molar-refractivity contribution in [2.24, 2.45) is 7.05 Å². The van der Waals surface area contributed by atoms with Gasteiger partial charge in [-0.1, -0.05) is 6.07 Å². The van der Waals surface area contributed by atoms with Crippen LogP contribution < -0.4 is 10.9 Å².